The van der Waals surface area contributed by atoms with Crippen LogP contribution in [-0.4, -0.2) is 23.4 Å². The number of benzene rings is 2. The standard InChI is InChI=1S/C24H28N2O/c27-24(25-22-12-10-19(11-13-22)18-6-7-18)23-5-2-14-26(23)16-17-3-1-4-21(15-17)20-8-9-20/h1,3-4,10-13,15,18,20,23H,2,5-9,14,16H2,(H,25,27)/t23-/m1/s1. The third kappa shape index (κ3) is 3.93. The van der Waals surface area contributed by atoms with Gasteiger partial charge in [-0.2, -0.15) is 0 Å². The Morgan fingerprint density at radius 3 is 2.41 bits per heavy atom. The summed E-state index contributed by atoms with van der Waals surface area (Å²) >= 11 is 0. The van der Waals surface area contributed by atoms with Gasteiger partial charge in [-0.25, -0.2) is 0 Å². The molecule has 3 aliphatic rings. The minimum Gasteiger partial charge on any atom is -0.325 e. The van der Waals surface area contributed by atoms with Crippen molar-refractivity contribution in [3.8, 4) is 0 Å². The van der Waals surface area contributed by atoms with Gasteiger partial charge >= 0.3 is 0 Å². The van der Waals surface area contributed by atoms with Gasteiger partial charge in [0.25, 0.3) is 0 Å². The number of amides is 1. The van der Waals surface area contributed by atoms with E-state index >= 15 is 0 Å². The van der Waals surface area contributed by atoms with Crippen LogP contribution in [0.1, 0.15) is 67.1 Å². The lowest BCUT2D eigenvalue weighted by Crippen LogP contribution is -2.39. The number of nitrogens with one attached hydrogen (secondary N) is 1. The van der Waals surface area contributed by atoms with Crippen molar-refractivity contribution in [2.75, 3.05) is 11.9 Å². The molecular weight excluding hydrogens is 332 g/mol. The number of anilines is 1. The molecule has 0 bridgehead atoms. The second-order valence-corrected chi connectivity index (χ2v) is 8.53. The Morgan fingerprint density at radius 2 is 1.67 bits per heavy atom. The lowest BCUT2D eigenvalue weighted by atomic mass is 10.1. The minimum absolute atomic E-state index is 0.0160. The van der Waals surface area contributed by atoms with Gasteiger partial charge in [0.05, 0.1) is 6.04 Å². The van der Waals surface area contributed by atoms with E-state index in [0.717, 1.165) is 43.5 Å². The van der Waals surface area contributed by atoms with E-state index in [1.165, 1.54) is 42.4 Å². The van der Waals surface area contributed by atoms with Gasteiger partial charge < -0.3 is 5.32 Å². The summed E-state index contributed by atoms with van der Waals surface area (Å²) in [7, 11) is 0. The molecule has 1 aliphatic heterocycles. The third-order valence-corrected chi connectivity index (χ3v) is 6.28. The third-order valence-electron chi connectivity index (χ3n) is 6.28. The second kappa shape index (κ2) is 7.12. The summed E-state index contributed by atoms with van der Waals surface area (Å²) in [6.07, 6.45) is 7.33. The molecular formula is C24H28N2O. The maximum atomic E-state index is 12.9. The van der Waals surface area contributed by atoms with E-state index in [4.69, 9.17) is 0 Å². The average Bonchev–Trinajstić information content (AvgIpc) is 3.60. The van der Waals surface area contributed by atoms with Crippen molar-refractivity contribution >= 4 is 11.6 Å². The maximum absolute atomic E-state index is 12.9. The van der Waals surface area contributed by atoms with Crippen molar-refractivity contribution in [3.63, 3.8) is 0 Å². The van der Waals surface area contributed by atoms with E-state index in [-0.39, 0.29) is 11.9 Å². The Hall–Kier alpha value is -2.13. The first-order valence-electron chi connectivity index (χ1n) is 10.5. The smallest absolute Gasteiger partial charge is 0.241 e. The summed E-state index contributed by atoms with van der Waals surface area (Å²) < 4.78 is 0. The molecule has 2 saturated carbocycles. The molecule has 2 aliphatic carbocycles. The van der Waals surface area contributed by atoms with E-state index in [2.05, 4.69) is 58.7 Å². The van der Waals surface area contributed by atoms with Crippen LogP contribution in [0.4, 0.5) is 5.69 Å². The number of rotatable bonds is 6. The highest BCUT2D eigenvalue weighted by atomic mass is 16.2. The number of carbonyl (C=O) groups is 1. The van der Waals surface area contributed by atoms with E-state index in [1.54, 1.807) is 0 Å². The van der Waals surface area contributed by atoms with E-state index in [1.807, 2.05) is 0 Å². The Kier molecular flexibility index (Phi) is 4.48. The Labute approximate surface area is 161 Å². The lowest BCUT2D eigenvalue weighted by Gasteiger charge is -2.24. The first-order valence-corrected chi connectivity index (χ1v) is 10.5. The predicted molar refractivity (Wildman–Crippen MR) is 109 cm³/mol. The van der Waals surface area contributed by atoms with Gasteiger partial charge in [0, 0.05) is 12.2 Å². The molecule has 27 heavy (non-hydrogen) atoms. The summed E-state index contributed by atoms with van der Waals surface area (Å²) in [6, 6.07) is 17.4. The monoisotopic (exact) mass is 360 g/mol. The minimum atomic E-state index is -0.0160. The van der Waals surface area contributed by atoms with Gasteiger partial charge in [0.1, 0.15) is 0 Å². The quantitative estimate of drug-likeness (QED) is 0.782. The second-order valence-electron chi connectivity index (χ2n) is 8.53. The fourth-order valence-electron chi connectivity index (χ4n) is 4.39. The largest absolute Gasteiger partial charge is 0.325 e. The molecule has 1 amide bonds. The fraction of sp³-hybridized carbons (Fsp3) is 0.458. The summed E-state index contributed by atoms with van der Waals surface area (Å²) in [5.74, 6) is 1.68. The fourth-order valence-corrected chi connectivity index (χ4v) is 4.39. The van der Waals surface area contributed by atoms with Crippen LogP contribution in [-0.2, 0) is 11.3 Å². The number of hydrogen-bond donors (Lipinski definition) is 1. The highest BCUT2D eigenvalue weighted by Gasteiger charge is 2.31. The lowest BCUT2D eigenvalue weighted by molar-refractivity contribution is -0.120. The average molecular weight is 361 g/mol. The van der Waals surface area contributed by atoms with Crippen LogP contribution in [0.5, 0.6) is 0 Å². The maximum Gasteiger partial charge on any atom is 0.241 e. The van der Waals surface area contributed by atoms with Gasteiger partial charge in [-0.1, -0.05) is 36.4 Å². The number of hydrogen-bond acceptors (Lipinski definition) is 2. The molecule has 1 atom stereocenters. The Bertz CT molecular complexity index is 821. The van der Waals surface area contributed by atoms with Crippen molar-refractivity contribution in [2.45, 2.75) is 62.9 Å². The molecule has 1 heterocycles. The summed E-state index contributed by atoms with van der Waals surface area (Å²) in [4.78, 5) is 15.2. The molecule has 0 spiro atoms. The summed E-state index contributed by atoms with van der Waals surface area (Å²) in [5.41, 5.74) is 5.15. The van der Waals surface area contributed by atoms with Crippen molar-refractivity contribution in [1.82, 2.24) is 4.90 Å². The molecule has 3 fully saturated rings. The number of likely N-dealkylation sites (tertiary alicyclic amines) is 1. The number of nitrogens with zero attached hydrogens (tertiary/aromatic N) is 1. The highest BCUT2D eigenvalue weighted by molar-refractivity contribution is 5.95. The van der Waals surface area contributed by atoms with Crippen LogP contribution < -0.4 is 5.32 Å². The normalized spacial score (nSPS) is 22.7. The zero-order valence-electron chi connectivity index (χ0n) is 15.9. The van der Waals surface area contributed by atoms with Crippen molar-refractivity contribution < 1.29 is 4.79 Å². The Morgan fingerprint density at radius 1 is 0.926 bits per heavy atom. The SMILES string of the molecule is O=C(Nc1ccc(C2CC2)cc1)[C@H]1CCCN1Cc1cccc(C2CC2)c1. The van der Waals surface area contributed by atoms with Gasteiger partial charge in [-0.3, -0.25) is 9.69 Å². The van der Waals surface area contributed by atoms with Crippen LogP contribution >= 0.6 is 0 Å². The first-order chi connectivity index (χ1) is 13.3. The van der Waals surface area contributed by atoms with Gasteiger partial charge in [-0.05, 0) is 85.7 Å². The summed E-state index contributed by atoms with van der Waals surface area (Å²) in [6.45, 7) is 1.88. The highest BCUT2D eigenvalue weighted by Crippen LogP contribution is 2.41. The van der Waals surface area contributed by atoms with Gasteiger partial charge in [0.15, 0.2) is 0 Å². The van der Waals surface area contributed by atoms with E-state index < -0.39 is 0 Å². The van der Waals surface area contributed by atoms with Gasteiger partial charge in [-0.15, -0.1) is 0 Å². The first kappa shape index (κ1) is 17.0. The molecule has 0 radical (unpaired) electrons. The molecule has 0 unspecified atom stereocenters. The van der Waals surface area contributed by atoms with Crippen molar-refractivity contribution in [2.24, 2.45) is 0 Å². The van der Waals surface area contributed by atoms with Crippen LogP contribution in [0.15, 0.2) is 48.5 Å². The van der Waals surface area contributed by atoms with Gasteiger partial charge in [0.2, 0.25) is 5.91 Å². The molecule has 3 nitrogen and oxygen atoms in total. The molecule has 1 saturated heterocycles. The van der Waals surface area contributed by atoms with Crippen LogP contribution in [0.25, 0.3) is 0 Å². The topological polar surface area (TPSA) is 32.3 Å². The number of carbonyl (C=O) groups excluding carboxylic acids is 1. The molecule has 2 aromatic carbocycles. The zero-order valence-corrected chi connectivity index (χ0v) is 15.9. The van der Waals surface area contributed by atoms with E-state index in [9.17, 15) is 4.79 Å². The molecule has 1 N–H and O–H groups in total. The summed E-state index contributed by atoms with van der Waals surface area (Å²) in [5, 5.41) is 3.15. The van der Waals surface area contributed by atoms with Crippen LogP contribution in [0.3, 0.4) is 0 Å². The molecule has 3 heteroatoms. The molecule has 0 aromatic heterocycles. The molecule has 2 aromatic rings. The van der Waals surface area contributed by atoms with Crippen molar-refractivity contribution in [3.05, 3.63) is 65.2 Å². The van der Waals surface area contributed by atoms with Crippen LogP contribution in [0, 0.1) is 0 Å². The molecule has 5 rings (SSSR count). The predicted octanol–water partition coefficient (Wildman–Crippen LogP) is 5.04. The molecule has 140 valence electrons. The Balaban J connectivity index is 1.23. The zero-order chi connectivity index (χ0) is 18.2. The van der Waals surface area contributed by atoms with Crippen LogP contribution in [0.2, 0.25) is 0 Å². The van der Waals surface area contributed by atoms with E-state index in [0.29, 0.717) is 0 Å². The van der Waals surface area contributed by atoms with Crippen molar-refractivity contribution in [1.29, 1.82) is 0 Å².